The fraction of sp³-hybridized carbons (Fsp3) is 0.500. The Kier molecular flexibility index (Phi) is 3.90. The van der Waals surface area contributed by atoms with Crippen molar-refractivity contribution in [3.05, 3.63) is 35.9 Å². The van der Waals surface area contributed by atoms with Crippen LogP contribution in [0, 0.1) is 5.92 Å². The van der Waals surface area contributed by atoms with Gasteiger partial charge in [-0.25, -0.2) is 4.39 Å². The van der Waals surface area contributed by atoms with Crippen LogP contribution >= 0.6 is 0 Å². The Balaban J connectivity index is 1.79. The zero-order valence-corrected chi connectivity index (χ0v) is 11.8. The Morgan fingerprint density at radius 3 is 2.52 bits per heavy atom. The first kappa shape index (κ1) is 14.0. The van der Waals surface area contributed by atoms with E-state index in [0.29, 0.717) is 6.42 Å². The van der Waals surface area contributed by atoms with Crippen LogP contribution in [0.2, 0.25) is 0 Å². The maximum absolute atomic E-state index is 12.8. The molecule has 1 heterocycles. The first-order chi connectivity index (χ1) is 10.2. The van der Waals surface area contributed by atoms with E-state index in [4.69, 9.17) is 0 Å². The average molecular weight is 290 g/mol. The van der Waals surface area contributed by atoms with Gasteiger partial charge in [0.05, 0.1) is 0 Å². The van der Waals surface area contributed by atoms with Gasteiger partial charge >= 0.3 is 0 Å². The van der Waals surface area contributed by atoms with E-state index in [2.05, 4.69) is 5.32 Å². The van der Waals surface area contributed by atoms with E-state index >= 15 is 0 Å². The summed E-state index contributed by atoms with van der Waals surface area (Å²) in [5.41, 5.74) is 0.971. The van der Waals surface area contributed by atoms with Crippen LogP contribution < -0.4 is 5.32 Å². The van der Waals surface area contributed by atoms with Crippen molar-refractivity contribution in [2.75, 3.05) is 13.2 Å². The number of nitrogens with one attached hydrogen (secondary N) is 1. The van der Waals surface area contributed by atoms with E-state index in [0.717, 1.165) is 18.4 Å². The van der Waals surface area contributed by atoms with Crippen LogP contribution in [0.25, 0.3) is 0 Å². The number of hydrogen-bond donors (Lipinski definition) is 1. The molecule has 0 bridgehead atoms. The molecule has 1 saturated carbocycles. The van der Waals surface area contributed by atoms with Gasteiger partial charge in [-0.3, -0.25) is 9.59 Å². The standard InChI is InChI=1S/C16H19FN2O2/c17-8-9-19-13(10-11-4-2-1-3-5-11)15(20)18-14(16(19)21)12-6-7-12/h1-5,12-14H,6-10H2,(H,18,20). The molecule has 0 radical (unpaired) electrons. The highest BCUT2D eigenvalue weighted by Crippen LogP contribution is 2.35. The van der Waals surface area contributed by atoms with Crippen molar-refractivity contribution in [1.82, 2.24) is 10.2 Å². The summed E-state index contributed by atoms with van der Waals surface area (Å²) in [6, 6.07) is 8.46. The molecule has 1 saturated heterocycles. The van der Waals surface area contributed by atoms with Crippen LogP contribution in [-0.2, 0) is 16.0 Å². The lowest BCUT2D eigenvalue weighted by Crippen LogP contribution is -2.64. The predicted molar refractivity (Wildman–Crippen MR) is 76.3 cm³/mol. The third-order valence-electron chi connectivity index (χ3n) is 4.22. The molecule has 4 nitrogen and oxygen atoms in total. The molecule has 1 aliphatic carbocycles. The Morgan fingerprint density at radius 2 is 1.90 bits per heavy atom. The van der Waals surface area contributed by atoms with Crippen LogP contribution in [-0.4, -0.2) is 42.0 Å². The van der Waals surface area contributed by atoms with E-state index in [9.17, 15) is 14.0 Å². The Bertz CT molecular complexity index is 530. The fourth-order valence-corrected chi connectivity index (χ4v) is 2.93. The van der Waals surface area contributed by atoms with Gasteiger partial charge in [0.2, 0.25) is 11.8 Å². The van der Waals surface area contributed by atoms with Gasteiger partial charge in [-0.1, -0.05) is 30.3 Å². The number of amides is 2. The Hall–Kier alpha value is -1.91. The number of carbonyl (C=O) groups excluding carboxylic acids is 2. The second-order valence-electron chi connectivity index (χ2n) is 5.75. The average Bonchev–Trinajstić information content (AvgIpc) is 3.32. The van der Waals surface area contributed by atoms with Crippen molar-refractivity contribution in [2.45, 2.75) is 31.3 Å². The molecule has 1 N–H and O–H groups in total. The number of hydrogen-bond acceptors (Lipinski definition) is 2. The van der Waals surface area contributed by atoms with E-state index in [1.165, 1.54) is 4.90 Å². The minimum Gasteiger partial charge on any atom is -0.342 e. The molecule has 0 spiro atoms. The van der Waals surface area contributed by atoms with Crippen molar-refractivity contribution >= 4 is 11.8 Å². The molecule has 1 aromatic rings. The van der Waals surface area contributed by atoms with Crippen LogP contribution in [0.4, 0.5) is 4.39 Å². The molecule has 0 aromatic heterocycles. The zero-order valence-electron chi connectivity index (χ0n) is 11.8. The SMILES string of the molecule is O=C1NC(C2CC2)C(=O)N(CCF)C1Cc1ccccc1. The van der Waals surface area contributed by atoms with Gasteiger partial charge in [-0.15, -0.1) is 0 Å². The number of rotatable bonds is 5. The van der Waals surface area contributed by atoms with E-state index < -0.39 is 18.8 Å². The molecule has 5 heteroatoms. The van der Waals surface area contributed by atoms with Gasteiger partial charge in [-0.2, -0.15) is 0 Å². The topological polar surface area (TPSA) is 49.4 Å². The van der Waals surface area contributed by atoms with E-state index in [1.54, 1.807) is 0 Å². The number of piperazine rings is 1. The second-order valence-corrected chi connectivity index (χ2v) is 5.75. The van der Waals surface area contributed by atoms with Crippen LogP contribution in [0.15, 0.2) is 30.3 Å². The van der Waals surface area contributed by atoms with Crippen molar-refractivity contribution in [2.24, 2.45) is 5.92 Å². The summed E-state index contributed by atoms with van der Waals surface area (Å²) in [6.07, 6.45) is 2.35. The normalized spacial score (nSPS) is 25.9. The van der Waals surface area contributed by atoms with Crippen molar-refractivity contribution < 1.29 is 14.0 Å². The maximum atomic E-state index is 12.8. The zero-order chi connectivity index (χ0) is 14.8. The maximum Gasteiger partial charge on any atom is 0.246 e. The molecule has 2 amide bonds. The molecule has 2 atom stereocenters. The summed E-state index contributed by atoms with van der Waals surface area (Å²) >= 11 is 0. The highest BCUT2D eigenvalue weighted by molar-refractivity contribution is 5.97. The van der Waals surface area contributed by atoms with Gasteiger partial charge in [0.1, 0.15) is 18.8 Å². The largest absolute Gasteiger partial charge is 0.342 e. The summed E-state index contributed by atoms with van der Waals surface area (Å²) < 4.78 is 12.8. The third kappa shape index (κ3) is 2.91. The summed E-state index contributed by atoms with van der Waals surface area (Å²) in [4.78, 5) is 26.3. The molecule has 1 aliphatic heterocycles. The molecule has 2 aliphatic rings. The van der Waals surface area contributed by atoms with Gasteiger partial charge in [0, 0.05) is 13.0 Å². The number of alkyl halides is 1. The Morgan fingerprint density at radius 1 is 1.19 bits per heavy atom. The molecule has 112 valence electrons. The number of nitrogens with zero attached hydrogens (tertiary/aromatic N) is 1. The fourth-order valence-electron chi connectivity index (χ4n) is 2.93. The lowest BCUT2D eigenvalue weighted by Gasteiger charge is -2.38. The second kappa shape index (κ2) is 5.84. The molecule has 3 rings (SSSR count). The molecular formula is C16H19FN2O2. The van der Waals surface area contributed by atoms with Crippen molar-refractivity contribution in [3.63, 3.8) is 0 Å². The summed E-state index contributed by atoms with van der Waals surface area (Å²) in [5, 5.41) is 2.83. The first-order valence-electron chi connectivity index (χ1n) is 7.41. The van der Waals surface area contributed by atoms with Crippen LogP contribution in [0.3, 0.4) is 0 Å². The third-order valence-corrected chi connectivity index (χ3v) is 4.22. The minimum absolute atomic E-state index is 0.00697. The molecular weight excluding hydrogens is 271 g/mol. The Labute approximate surface area is 123 Å². The first-order valence-corrected chi connectivity index (χ1v) is 7.41. The number of carbonyl (C=O) groups is 2. The van der Waals surface area contributed by atoms with Crippen molar-refractivity contribution in [1.29, 1.82) is 0 Å². The monoisotopic (exact) mass is 290 g/mol. The smallest absolute Gasteiger partial charge is 0.246 e. The molecule has 2 unspecified atom stereocenters. The summed E-state index contributed by atoms with van der Waals surface area (Å²) in [5.74, 6) is -0.0549. The van der Waals surface area contributed by atoms with Crippen LogP contribution in [0.5, 0.6) is 0 Å². The van der Waals surface area contributed by atoms with Gasteiger partial charge < -0.3 is 10.2 Å². The summed E-state index contributed by atoms with van der Waals surface area (Å²) in [7, 11) is 0. The molecule has 2 fully saturated rings. The minimum atomic E-state index is -0.623. The van der Waals surface area contributed by atoms with Gasteiger partial charge in [0.15, 0.2) is 0 Å². The summed E-state index contributed by atoms with van der Waals surface area (Å²) in [6.45, 7) is -0.630. The highest BCUT2D eigenvalue weighted by atomic mass is 19.1. The highest BCUT2D eigenvalue weighted by Gasteiger charge is 2.46. The van der Waals surface area contributed by atoms with Gasteiger partial charge in [0.25, 0.3) is 0 Å². The van der Waals surface area contributed by atoms with E-state index in [-0.39, 0.29) is 24.3 Å². The van der Waals surface area contributed by atoms with Gasteiger partial charge in [-0.05, 0) is 24.3 Å². The molecule has 1 aromatic carbocycles. The lowest BCUT2D eigenvalue weighted by molar-refractivity contribution is -0.150. The quantitative estimate of drug-likeness (QED) is 0.889. The van der Waals surface area contributed by atoms with Crippen LogP contribution in [0.1, 0.15) is 18.4 Å². The number of benzene rings is 1. The van der Waals surface area contributed by atoms with Crippen molar-refractivity contribution in [3.8, 4) is 0 Å². The van der Waals surface area contributed by atoms with E-state index in [1.807, 2.05) is 30.3 Å². The lowest BCUT2D eigenvalue weighted by atomic mass is 9.98. The predicted octanol–water partition coefficient (Wildman–Crippen LogP) is 1.30. The molecule has 21 heavy (non-hydrogen) atoms. The number of halogens is 1.